The molecule has 30 heavy (non-hydrogen) atoms. The van der Waals surface area contributed by atoms with Gasteiger partial charge in [-0.05, 0) is 57.0 Å². The highest BCUT2D eigenvalue weighted by Crippen LogP contribution is 2.25. The molecule has 1 aromatic carbocycles. The molecule has 0 spiro atoms. The lowest BCUT2D eigenvalue weighted by Gasteiger charge is -2.39. The minimum atomic E-state index is -0.529. The van der Waals surface area contributed by atoms with Gasteiger partial charge in [-0.1, -0.05) is 30.1 Å². The first-order valence-corrected chi connectivity index (χ1v) is 11.2. The normalized spacial score (nSPS) is 25.5. The molecule has 0 saturated carbocycles. The second-order valence-electron chi connectivity index (χ2n) is 8.24. The van der Waals surface area contributed by atoms with Gasteiger partial charge in [-0.25, -0.2) is 4.79 Å². The maximum atomic E-state index is 12.8. The molecule has 0 aliphatic carbocycles. The largest absolute Gasteiger partial charge is 0.392 e. The van der Waals surface area contributed by atoms with E-state index in [0.717, 1.165) is 25.9 Å². The lowest BCUT2D eigenvalue weighted by atomic mass is 9.96. The van der Waals surface area contributed by atoms with Crippen molar-refractivity contribution in [3.8, 4) is 0 Å². The Morgan fingerprint density at radius 1 is 1.17 bits per heavy atom. The number of nitrogens with one attached hydrogen (secondary N) is 1. The second kappa shape index (κ2) is 10.2. The van der Waals surface area contributed by atoms with Gasteiger partial charge in [0.2, 0.25) is 5.91 Å². The van der Waals surface area contributed by atoms with Crippen LogP contribution in [0.5, 0.6) is 0 Å². The number of likely N-dealkylation sites (tertiary alicyclic amines) is 1. The number of nitrogens with zero attached hydrogens (tertiary/aromatic N) is 3. The average molecular weight is 457 g/mol. The topological polar surface area (TPSA) is 76.1 Å². The molecule has 2 fully saturated rings. The molecular formula is C21H30Cl2N4O3. The van der Waals surface area contributed by atoms with Gasteiger partial charge in [-0.2, -0.15) is 0 Å². The first kappa shape index (κ1) is 23.1. The molecule has 2 N–H and O–H groups in total. The number of carbonyl (C=O) groups is 2. The number of carbonyl (C=O) groups excluding carboxylic acids is 2. The van der Waals surface area contributed by atoms with Crippen molar-refractivity contribution in [3.05, 3.63) is 28.2 Å². The maximum absolute atomic E-state index is 12.8. The SMILES string of the molecule is C[C@H]1CCN(CCCN2CCN(C(=O)Nc3ccc(Cl)c(Cl)c3)[C@@H](C)C2=O)C[C@H]1O. The molecule has 2 aliphatic rings. The Hall–Kier alpha value is -1.54. The molecule has 9 heteroatoms. The van der Waals surface area contributed by atoms with E-state index in [9.17, 15) is 14.7 Å². The Balaban J connectivity index is 1.47. The molecule has 2 saturated heterocycles. The number of hydrogen-bond donors (Lipinski definition) is 2. The van der Waals surface area contributed by atoms with Gasteiger partial charge in [0, 0.05) is 31.9 Å². The predicted molar refractivity (Wildman–Crippen MR) is 119 cm³/mol. The summed E-state index contributed by atoms with van der Waals surface area (Å²) in [6.07, 6.45) is 1.59. The number of piperazine rings is 1. The van der Waals surface area contributed by atoms with E-state index in [0.29, 0.717) is 47.8 Å². The van der Waals surface area contributed by atoms with Crippen molar-refractivity contribution in [2.24, 2.45) is 5.92 Å². The zero-order chi connectivity index (χ0) is 21.8. The van der Waals surface area contributed by atoms with Crippen LogP contribution in [-0.2, 0) is 4.79 Å². The number of rotatable bonds is 5. The number of anilines is 1. The first-order chi connectivity index (χ1) is 14.3. The van der Waals surface area contributed by atoms with Crippen molar-refractivity contribution < 1.29 is 14.7 Å². The molecule has 0 bridgehead atoms. The van der Waals surface area contributed by atoms with E-state index in [1.807, 2.05) is 4.90 Å². The molecule has 7 nitrogen and oxygen atoms in total. The van der Waals surface area contributed by atoms with Gasteiger partial charge in [-0.3, -0.25) is 4.79 Å². The van der Waals surface area contributed by atoms with Gasteiger partial charge in [-0.15, -0.1) is 0 Å². The second-order valence-corrected chi connectivity index (χ2v) is 9.06. The molecular weight excluding hydrogens is 427 g/mol. The van der Waals surface area contributed by atoms with E-state index in [1.54, 1.807) is 30.0 Å². The Morgan fingerprint density at radius 2 is 1.93 bits per heavy atom. The molecule has 2 heterocycles. The van der Waals surface area contributed by atoms with Gasteiger partial charge in [0.1, 0.15) is 6.04 Å². The summed E-state index contributed by atoms with van der Waals surface area (Å²) in [6, 6.07) is 4.02. The van der Waals surface area contributed by atoms with Crippen LogP contribution in [0.2, 0.25) is 10.0 Å². The number of aliphatic hydroxyl groups excluding tert-OH is 1. The van der Waals surface area contributed by atoms with Crippen molar-refractivity contribution in [1.82, 2.24) is 14.7 Å². The fourth-order valence-corrected chi connectivity index (χ4v) is 4.30. The van der Waals surface area contributed by atoms with Gasteiger partial charge in [0.15, 0.2) is 0 Å². The van der Waals surface area contributed by atoms with E-state index >= 15 is 0 Å². The van der Waals surface area contributed by atoms with Crippen LogP contribution in [0.4, 0.5) is 10.5 Å². The Morgan fingerprint density at radius 3 is 2.63 bits per heavy atom. The highest BCUT2D eigenvalue weighted by Gasteiger charge is 2.34. The summed E-state index contributed by atoms with van der Waals surface area (Å²) in [4.78, 5) is 31.1. The number of aliphatic hydroxyl groups is 1. The van der Waals surface area contributed by atoms with E-state index in [2.05, 4.69) is 17.1 Å². The summed E-state index contributed by atoms with van der Waals surface area (Å²) < 4.78 is 0. The minimum absolute atomic E-state index is 0.0437. The lowest BCUT2D eigenvalue weighted by Crippen LogP contribution is -2.58. The van der Waals surface area contributed by atoms with Crippen LogP contribution in [0.25, 0.3) is 0 Å². The van der Waals surface area contributed by atoms with E-state index < -0.39 is 6.04 Å². The zero-order valence-electron chi connectivity index (χ0n) is 17.5. The maximum Gasteiger partial charge on any atom is 0.322 e. The first-order valence-electron chi connectivity index (χ1n) is 10.5. The number of piperidine rings is 1. The summed E-state index contributed by atoms with van der Waals surface area (Å²) in [5.41, 5.74) is 0.537. The third-order valence-corrected chi connectivity index (χ3v) is 6.82. The van der Waals surface area contributed by atoms with Crippen molar-refractivity contribution in [3.63, 3.8) is 0 Å². The number of halogens is 2. The van der Waals surface area contributed by atoms with E-state index in [4.69, 9.17) is 23.2 Å². The van der Waals surface area contributed by atoms with Crippen molar-refractivity contribution in [2.45, 2.75) is 38.8 Å². The Labute approximate surface area is 187 Å². The molecule has 1 aromatic rings. The van der Waals surface area contributed by atoms with Crippen molar-refractivity contribution >= 4 is 40.8 Å². The van der Waals surface area contributed by atoms with Gasteiger partial charge < -0.3 is 25.1 Å². The van der Waals surface area contributed by atoms with Crippen LogP contribution >= 0.6 is 23.2 Å². The molecule has 0 aromatic heterocycles. The number of β-amino-alcohol motifs (C(OH)–C–C–N with tert-alkyl or cyclic N) is 1. The predicted octanol–water partition coefficient (Wildman–Crippen LogP) is 3.15. The number of urea groups is 1. The van der Waals surface area contributed by atoms with Crippen molar-refractivity contribution in [1.29, 1.82) is 0 Å². The lowest BCUT2D eigenvalue weighted by molar-refractivity contribution is -0.139. The monoisotopic (exact) mass is 456 g/mol. The zero-order valence-corrected chi connectivity index (χ0v) is 19.0. The summed E-state index contributed by atoms with van der Waals surface area (Å²) in [7, 11) is 0. The highest BCUT2D eigenvalue weighted by atomic mass is 35.5. The van der Waals surface area contributed by atoms with Crippen LogP contribution in [0.15, 0.2) is 18.2 Å². The number of benzene rings is 1. The standard InChI is InChI=1S/C21H30Cl2N4O3/c1-14-6-9-25(13-19(14)28)7-3-8-26-10-11-27(15(2)20(26)29)21(30)24-16-4-5-17(22)18(23)12-16/h4-5,12,14-15,19,28H,3,6-11,13H2,1-2H3,(H,24,30)/t14-,15-,19+/m0/s1. The minimum Gasteiger partial charge on any atom is -0.392 e. The number of amides is 3. The average Bonchev–Trinajstić information content (AvgIpc) is 2.70. The summed E-state index contributed by atoms with van der Waals surface area (Å²) in [6.45, 7) is 8.04. The van der Waals surface area contributed by atoms with E-state index in [-0.39, 0.29) is 18.0 Å². The molecule has 166 valence electrons. The van der Waals surface area contributed by atoms with Crippen LogP contribution in [0, 0.1) is 5.92 Å². The Kier molecular flexibility index (Phi) is 7.85. The fraction of sp³-hybridized carbons (Fsp3) is 0.619. The smallest absolute Gasteiger partial charge is 0.322 e. The third-order valence-electron chi connectivity index (χ3n) is 6.08. The summed E-state index contributed by atoms with van der Waals surface area (Å²) in [5, 5.41) is 13.6. The van der Waals surface area contributed by atoms with Crippen molar-refractivity contribution in [2.75, 3.05) is 44.6 Å². The third kappa shape index (κ3) is 5.58. The number of hydrogen-bond acceptors (Lipinski definition) is 4. The quantitative estimate of drug-likeness (QED) is 0.713. The highest BCUT2D eigenvalue weighted by molar-refractivity contribution is 6.42. The molecule has 3 rings (SSSR count). The molecule has 2 aliphatic heterocycles. The summed E-state index contributed by atoms with van der Waals surface area (Å²) >= 11 is 11.9. The molecule has 3 amide bonds. The Bertz CT molecular complexity index is 779. The fourth-order valence-electron chi connectivity index (χ4n) is 4.00. The van der Waals surface area contributed by atoms with Crippen LogP contribution in [0.3, 0.4) is 0 Å². The van der Waals surface area contributed by atoms with Gasteiger partial charge in [0.25, 0.3) is 0 Å². The van der Waals surface area contributed by atoms with Crippen LogP contribution in [-0.4, -0.2) is 83.2 Å². The molecule has 0 unspecified atom stereocenters. The van der Waals surface area contributed by atoms with Gasteiger partial charge in [0.05, 0.1) is 16.1 Å². The van der Waals surface area contributed by atoms with Crippen LogP contribution < -0.4 is 5.32 Å². The molecule has 3 atom stereocenters. The summed E-state index contributed by atoms with van der Waals surface area (Å²) in [5.74, 6) is 0.310. The molecule has 0 radical (unpaired) electrons. The van der Waals surface area contributed by atoms with Crippen LogP contribution in [0.1, 0.15) is 26.7 Å². The van der Waals surface area contributed by atoms with Gasteiger partial charge >= 0.3 is 6.03 Å². The van der Waals surface area contributed by atoms with E-state index in [1.165, 1.54) is 0 Å².